The van der Waals surface area contributed by atoms with E-state index in [9.17, 15) is 9.59 Å². The molecule has 2 amide bonds. The van der Waals surface area contributed by atoms with Crippen molar-refractivity contribution in [3.63, 3.8) is 0 Å². The Morgan fingerprint density at radius 1 is 1.03 bits per heavy atom. The first-order chi connectivity index (χ1) is 17.9. The van der Waals surface area contributed by atoms with Gasteiger partial charge in [-0.25, -0.2) is 0 Å². The van der Waals surface area contributed by atoms with Gasteiger partial charge in [0.05, 0.1) is 11.6 Å². The van der Waals surface area contributed by atoms with Crippen LogP contribution in [-0.2, 0) is 22.6 Å². The maximum absolute atomic E-state index is 13.7. The number of nitrogens with zero attached hydrogens (tertiary/aromatic N) is 1. The van der Waals surface area contributed by atoms with Crippen LogP contribution in [0.5, 0.6) is 11.5 Å². The summed E-state index contributed by atoms with van der Waals surface area (Å²) >= 11 is 9.46. The maximum atomic E-state index is 13.7. The monoisotopic (exact) mass is 586 g/mol. The molecule has 0 unspecified atom stereocenters. The third kappa shape index (κ3) is 8.79. The number of ether oxygens (including phenoxy) is 2. The van der Waals surface area contributed by atoms with E-state index in [4.69, 9.17) is 21.1 Å². The molecule has 196 valence electrons. The van der Waals surface area contributed by atoms with Crippen LogP contribution in [0, 0.1) is 0 Å². The highest BCUT2D eigenvalue weighted by molar-refractivity contribution is 9.10. The molecule has 0 aromatic heterocycles. The molecule has 6 nitrogen and oxygen atoms in total. The first-order valence-corrected chi connectivity index (χ1v) is 13.4. The largest absolute Gasteiger partial charge is 0.497 e. The van der Waals surface area contributed by atoms with Gasteiger partial charge >= 0.3 is 0 Å². The van der Waals surface area contributed by atoms with E-state index in [-0.39, 0.29) is 25.0 Å². The summed E-state index contributed by atoms with van der Waals surface area (Å²) in [5, 5.41) is 3.57. The number of amides is 2. The lowest BCUT2D eigenvalue weighted by atomic mass is 10.0. The fraction of sp³-hybridized carbons (Fsp3) is 0.310. The van der Waals surface area contributed by atoms with Gasteiger partial charge in [0.25, 0.3) is 5.91 Å². The Labute approximate surface area is 232 Å². The second-order valence-electron chi connectivity index (χ2n) is 8.59. The highest BCUT2D eigenvalue weighted by Crippen LogP contribution is 2.28. The molecule has 3 aromatic rings. The van der Waals surface area contributed by atoms with Crippen molar-refractivity contribution in [3.8, 4) is 11.5 Å². The predicted molar refractivity (Wildman–Crippen MR) is 150 cm³/mol. The van der Waals surface area contributed by atoms with E-state index in [2.05, 4.69) is 28.2 Å². The minimum absolute atomic E-state index is 0.193. The Morgan fingerprint density at radius 2 is 1.78 bits per heavy atom. The van der Waals surface area contributed by atoms with E-state index in [0.29, 0.717) is 34.0 Å². The number of hydrogen-bond acceptors (Lipinski definition) is 4. The van der Waals surface area contributed by atoms with Crippen LogP contribution < -0.4 is 14.8 Å². The van der Waals surface area contributed by atoms with Crippen LogP contribution in [0.2, 0.25) is 5.02 Å². The fourth-order valence-corrected chi connectivity index (χ4v) is 4.64. The lowest BCUT2D eigenvalue weighted by Gasteiger charge is -2.31. The number of carbonyl (C=O) groups is 2. The Balaban J connectivity index is 1.91. The Bertz CT molecular complexity index is 1180. The molecule has 1 N–H and O–H groups in total. The average molecular weight is 588 g/mol. The van der Waals surface area contributed by atoms with E-state index in [1.54, 1.807) is 30.2 Å². The molecule has 1 atom stereocenters. The Hall–Kier alpha value is -3.03. The van der Waals surface area contributed by atoms with E-state index in [1.165, 1.54) is 0 Å². The van der Waals surface area contributed by atoms with E-state index >= 15 is 0 Å². The van der Waals surface area contributed by atoms with Crippen LogP contribution >= 0.6 is 27.5 Å². The van der Waals surface area contributed by atoms with Crippen molar-refractivity contribution < 1.29 is 19.1 Å². The molecule has 0 radical (unpaired) electrons. The quantitative estimate of drug-likeness (QED) is 0.247. The number of hydrogen-bond donors (Lipinski definition) is 1. The van der Waals surface area contributed by atoms with Crippen LogP contribution in [0.15, 0.2) is 77.3 Å². The molecule has 37 heavy (non-hydrogen) atoms. The summed E-state index contributed by atoms with van der Waals surface area (Å²) < 4.78 is 11.9. The SMILES string of the molecule is CCCCNC(=O)[C@@H](Cc1ccccc1)N(Cc1cccc(OC)c1)C(=O)COc1ccc(Cl)cc1Br. The molecule has 8 heteroatoms. The maximum Gasteiger partial charge on any atom is 0.261 e. The molecule has 3 rings (SSSR count). The van der Waals surface area contributed by atoms with Crippen LogP contribution in [-0.4, -0.2) is 43.0 Å². The van der Waals surface area contributed by atoms with Gasteiger partial charge in [-0.05, 0) is 63.8 Å². The van der Waals surface area contributed by atoms with Crippen molar-refractivity contribution in [3.05, 3.63) is 93.4 Å². The highest BCUT2D eigenvalue weighted by Gasteiger charge is 2.30. The smallest absolute Gasteiger partial charge is 0.261 e. The molecule has 0 fully saturated rings. The van der Waals surface area contributed by atoms with Crippen LogP contribution in [0.25, 0.3) is 0 Å². The van der Waals surface area contributed by atoms with Crippen LogP contribution in [0.1, 0.15) is 30.9 Å². The van der Waals surface area contributed by atoms with Gasteiger partial charge in [0, 0.05) is 24.5 Å². The second-order valence-corrected chi connectivity index (χ2v) is 9.88. The molecule has 3 aromatic carbocycles. The van der Waals surface area contributed by atoms with Gasteiger partial charge in [0.2, 0.25) is 5.91 Å². The standard InChI is InChI=1S/C29H32BrClN2O4/c1-3-4-15-32-29(35)26(17-21-9-6-5-7-10-21)33(19-22-11-8-12-24(16-22)36-2)28(34)20-37-27-14-13-23(31)18-25(27)30/h5-14,16,18,26H,3-4,15,17,19-20H2,1-2H3,(H,32,35)/t26-/m1/s1. The minimum Gasteiger partial charge on any atom is -0.497 e. The summed E-state index contributed by atoms with van der Waals surface area (Å²) in [7, 11) is 1.60. The third-order valence-corrected chi connectivity index (χ3v) is 6.69. The van der Waals surface area contributed by atoms with Crippen LogP contribution in [0.4, 0.5) is 0 Å². The van der Waals surface area contributed by atoms with Gasteiger partial charge in [0.15, 0.2) is 6.61 Å². The van der Waals surface area contributed by atoms with Crippen molar-refractivity contribution in [2.45, 2.75) is 38.8 Å². The molecular weight excluding hydrogens is 556 g/mol. The molecule has 0 spiro atoms. The van der Waals surface area contributed by atoms with Crippen molar-refractivity contribution in [1.82, 2.24) is 10.2 Å². The van der Waals surface area contributed by atoms with Crippen molar-refractivity contribution in [1.29, 1.82) is 0 Å². The topological polar surface area (TPSA) is 67.9 Å². The molecule has 0 bridgehead atoms. The summed E-state index contributed by atoms with van der Waals surface area (Å²) in [5.74, 6) is 0.668. The van der Waals surface area contributed by atoms with Crippen LogP contribution in [0.3, 0.4) is 0 Å². The van der Waals surface area contributed by atoms with Crippen molar-refractivity contribution >= 4 is 39.3 Å². The lowest BCUT2D eigenvalue weighted by molar-refractivity contribution is -0.142. The molecule has 0 aliphatic heterocycles. The zero-order valence-corrected chi connectivity index (χ0v) is 23.4. The number of unbranched alkanes of at least 4 members (excludes halogenated alkanes) is 1. The average Bonchev–Trinajstić information content (AvgIpc) is 2.90. The van der Waals surface area contributed by atoms with Gasteiger partial charge in [0.1, 0.15) is 17.5 Å². The molecule has 0 saturated heterocycles. The number of benzene rings is 3. The third-order valence-electron chi connectivity index (χ3n) is 5.83. The van der Waals surface area contributed by atoms with Gasteiger partial charge in [-0.15, -0.1) is 0 Å². The number of halogens is 2. The van der Waals surface area contributed by atoms with E-state index < -0.39 is 6.04 Å². The Morgan fingerprint density at radius 3 is 2.49 bits per heavy atom. The molecular formula is C29H32BrClN2O4. The lowest BCUT2D eigenvalue weighted by Crippen LogP contribution is -2.51. The van der Waals surface area contributed by atoms with Crippen molar-refractivity contribution in [2.75, 3.05) is 20.3 Å². The molecule has 0 saturated carbocycles. The second kappa shape index (κ2) is 14.6. The summed E-state index contributed by atoms with van der Waals surface area (Å²) in [4.78, 5) is 28.7. The van der Waals surface area contributed by atoms with Gasteiger partial charge in [-0.1, -0.05) is 67.4 Å². The van der Waals surface area contributed by atoms with Gasteiger partial charge in [-0.3, -0.25) is 9.59 Å². The molecule has 0 aliphatic carbocycles. The predicted octanol–water partition coefficient (Wildman–Crippen LogP) is 6.05. The summed E-state index contributed by atoms with van der Waals surface area (Å²) in [6, 6.07) is 21.6. The number of rotatable bonds is 13. The van der Waals surface area contributed by atoms with Gasteiger partial charge in [-0.2, -0.15) is 0 Å². The first-order valence-electron chi connectivity index (χ1n) is 12.2. The highest BCUT2D eigenvalue weighted by atomic mass is 79.9. The zero-order valence-electron chi connectivity index (χ0n) is 21.1. The number of carbonyl (C=O) groups excluding carboxylic acids is 2. The molecule has 0 aliphatic rings. The summed E-state index contributed by atoms with van der Waals surface area (Å²) in [6.45, 7) is 2.60. The van der Waals surface area contributed by atoms with Crippen molar-refractivity contribution in [2.24, 2.45) is 0 Å². The minimum atomic E-state index is -0.727. The van der Waals surface area contributed by atoms with E-state index in [1.807, 2.05) is 54.6 Å². The van der Waals surface area contributed by atoms with E-state index in [0.717, 1.165) is 24.0 Å². The Kier molecular flexibility index (Phi) is 11.3. The first kappa shape index (κ1) is 28.5. The van der Waals surface area contributed by atoms with Gasteiger partial charge < -0.3 is 19.7 Å². The zero-order chi connectivity index (χ0) is 26.6. The summed E-state index contributed by atoms with van der Waals surface area (Å²) in [6.07, 6.45) is 2.19. The number of methoxy groups -OCH3 is 1. The fourth-order valence-electron chi connectivity index (χ4n) is 3.84. The number of nitrogens with one attached hydrogen (secondary N) is 1. The summed E-state index contributed by atoms with van der Waals surface area (Å²) in [5.41, 5.74) is 1.81. The normalized spacial score (nSPS) is 11.5. The molecule has 0 heterocycles.